The number of halogens is 4. The van der Waals surface area contributed by atoms with Gasteiger partial charge in [0.25, 0.3) is 5.89 Å². The molecule has 0 atom stereocenters. The van der Waals surface area contributed by atoms with Crippen molar-refractivity contribution < 1.29 is 45.8 Å². The molecule has 0 radical (unpaired) electrons. The first-order valence-corrected chi connectivity index (χ1v) is 14.0. The third kappa shape index (κ3) is 6.89. The van der Waals surface area contributed by atoms with Gasteiger partial charge in [0.1, 0.15) is 11.6 Å². The largest absolute Gasteiger partial charge is 0.415 e. The van der Waals surface area contributed by atoms with Crippen LogP contribution in [0.15, 0.2) is 34.7 Å². The summed E-state index contributed by atoms with van der Waals surface area (Å²) < 4.78 is 76.3. The summed E-state index contributed by atoms with van der Waals surface area (Å²) in [4.78, 5) is 29.8. The van der Waals surface area contributed by atoms with Gasteiger partial charge in [0.05, 0.1) is 38.7 Å². The van der Waals surface area contributed by atoms with Gasteiger partial charge in [-0.2, -0.15) is 13.6 Å². The third-order valence-electron chi connectivity index (χ3n) is 7.01. The molecule has 242 valence electrons. The summed E-state index contributed by atoms with van der Waals surface area (Å²) in [7, 11) is 0. The molecule has 3 amide bonds. The summed E-state index contributed by atoms with van der Waals surface area (Å²) >= 11 is 0. The highest BCUT2D eigenvalue weighted by Gasteiger charge is 2.24. The van der Waals surface area contributed by atoms with Crippen molar-refractivity contribution in [3.8, 4) is 28.6 Å². The number of amides is 3. The average molecular weight is 648 g/mol. The topological polar surface area (TPSA) is 163 Å². The fraction of sp³-hybridized carbons (Fsp3) is 0.370. The van der Waals surface area contributed by atoms with Gasteiger partial charge in [0, 0.05) is 42.9 Å². The first-order valence-electron chi connectivity index (χ1n) is 14.0. The molecular weight excluding hydrogens is 622 g/mol. The van der Waals surface area contributed by atoms with Crippen molar-refractivity contribution >= 4 is 17.8 Å². The van der Waals surface area contributed by atoms with E-state index < -0.39 is 54.1 Å². The number of morpholine rings is 2. The lowest BCUT2D eigenvalue weighted by Crippen LogP contribution is -2.43. The molecule has 19 heteroatoms. The number of tetrazole rings is 1. The summed E-state index contributed by atoms with van der Waals surface area (Å²) in [5.74, 6) is -3.42. The number of alkyl halides is 2. The SMILES string of the molecule is O=C(Nc1cc(-c2nnn(Cc3c(F)cc(-c4nnc(C(F)F)o4)cc3F)n2)ccc1OC(=O)N1CCOCC1)N1CCOCC1. The number of benzene rings is 2. The van der Waals surface area contributed by atoms with Gasteiger partial charge in [-0.1, -0.05) is 0 Å². The number of carbonyl (C=O) groups is 2. The Labute approximate surface area is 257 Å². The highest BCUT2D eigenvalue weighted by atomic mass is 19.3. The molecule has 2 aliphatic heterocycles. The summed E-state index contributed by atoms with van der Waals surface area (Å²) in [6.45, 7) is 2.43. The van der Waals surface area contributed by atoms with Gasteiger partial charge in [-0.25, -0.2) is 18.4 Å². The minimum absolute atomic E-state index is 0.0377. The van der Waals surface area contributed by atoms with Gasteiger partial charge in [-0.3, -0.25) is 0 Å². The number of carbonyl (C=O) groups excluding carboxylic acids is 2. The second kappa shape index (κ2) is 13.4. The molecule has 4 heterocycles. The number of rotatable bonds is 7. The lowest BCUT2D eigenvalue weighted by Gasteiger charge is -2.28. The summed E-state index contributed by atoms with van der Waals surface area (Å²) in [6, 6.07) is 5.75. The van der Waals surface area contributed by atoms with Crippen LogP contribution in [0.1, 0.15) is 17.9 Å². The van der Waals surface area contributed by atoms with E-state index in [1.165, 1.54) is 23.1 Å². The van der Waals surface area contributed by atoms with Crippen molar-refractivity contribution in [1.29, 1.82) is 0 Å². The van der Waals surface area contributed by atoms with Crippen molar-refractivity contribution in [2.24, 2.45) is 0 Å². The maximum Gasteiger partial charge on any atom is 0.415 e. The molecule has 0 bridgehead atoms. The number of ether oxygens (including phenoxy) is 3. The van der Waals surface area contributed by atoms with E-state index in [2.05, 4.69) is 30.9 Å². The van der Waals surface area contributed by atoms with Gasteiger partial charge in [0.2, 0.25) is 11.7 Å². The fourth-order valence-electron chi connectivity index (χ4n) is 4.61. The zero-order valence-electron chi connectivity index (χ0n) is 23.9. The van der Waals surface area contributed by atoms with Crippen molar-refractivity contribution in [2.45, 2.75) is 13.0 Å². The average Bonchev–Trinajstić information content (AvgIpc) is 3.75. The fourth-order valence-corrected chi connectivity index (χ4v) is 4.61. The third-order valence-corrected chi connectivity index (χ3v) is 7.01. The van der Waals surface area contributed by atoms with Crippen LogP contribution in [0, 0.1) is 11.6 Å². The van der Waals surface area contributed by atoms with Crippen LogP contribution in [0.25, 0.3) is 22.8 Å². The van der Waals surface area contributed by atoms with Crippen LogP contribution in [0.5, 0.6) is 5.75 Å². The molecule has 46 heavy (non-hydrogen) atoms. The Balaban J connectivity index is 1.22. The van der Waals surface area contributed by atoms with E-state index in [-0.39, 0.29) is 22.8 Å². The molecule has 0 unspecified atom stereocenters. The molecule has 0 saturated carbocycles. The molecule has 2 aromatic heterocycles. The van der Waals surface area contributed by atoms with Crippen LogP contribution in [0.4, 0.5) is 32.8 Å². The maximum absolute atomic E-state index is 14.9. The van der Waals surface area contributed by atoms with E-state index in [4.69, 9.17) is 18.6 Å². The Bertz CT molecular complexity index is 1700. The van der Waals surface area contributed by atoms with Crippen molar-refractivity contribution in [3.05, 3.63) is 53.4 Å². The molecular formula is C27H25F4N9O6. The number of urea groups is 1. The smallest absolute Gasteiger partial charge is 0.415 e. The van der Waals surface area contributed by atoms with E-state index in [9.17, 15) is 27.2 Å². The van der Waals surface area contributed by atoms with E-state index in [0.29, 0.717) is 58.2 Å². The van der Waals surface area contributed by atoms with Crippen molar-refractivity contribution in [2.75, 3.05) is 57.9 Å². The number of anilines is 1. The number of aromatic nitrogens is 6. The molecule has 4 aromatic rings. The van der Waals surface area contributed by atoms with Gasteiger partial charge in [-0.05, 0) is 35.5 Å². The Morgan fingerprint density at radius 2 is 1.57 bits per heavy atom. The minimum atomic E-state index is -3.04. The normalized spacial score (nSPS) is 15.3. The first kappa shape index (κ1) is 30.8. The summed E-state index contributed by atoms with van der Waals surface area (Å²) in [5.41, 5.74) is -0.176. The number of nitrogens with zero attached hydrogens (tertiary/aromatic N) is 8. The molecule has 2 saturated heterocycles. The van der Waals surface area contributed by atoms with Crippen LogP contribution in [-0.4, -0.2) is 105 Å². The molecule has 2 fully saturated rings. The molecule has 0 spiro atoms. The molecule has 0 aliphatic carbocycles. The Morgan fingerprint density at radius 1 is 0.891 bits per heavy atom. The van der Waals surface area contributed by atoms with Crippen LogP contribution < -0.4 is 10.1 Å². The predicted octanol–water partition coefficient (Wildman–Crippen LogP) is 3.35. The van der Waals surface area contributed by atoms with E-state index >= 15 is 0 Å². The standard InChI is InChI=1S/C27H25F4N9O6/c28-18-11-16(24-34-35-25(46-24)22(30)31)12-19(29)17(18)14-40-36-23(33-37-40)15-1-2-21(45-27(42)39-5-9-44-10-6-39)20(13-15)32-26(41)38-3-7-43-8-4-38/h1-2,11-13,22H,3-10,14H2,(H,32,41). The van der Waals surface area contributed by atoms with Gasteiger partial charge in [0.15, 0.2) is 5.75 Å². The number of hydrogen-bond donors (Lipinski definition) is 1. The zero-order valence-corrected chi connectivity index (χ0v) is 23.9. The molecule has 1 N–H and O–H groups in total. The highest BCUT2D eigenvalue weighted by molar-refractivity contribution is 5.92. The van der Waals surface area contributed by atoms with E-state index in [0.717, 1.165) is 16.9 Å². The van der Waals surface area contributed by atoms with Crippen LogP contribution >= 0.6 is 0 Å². The Kier molecular flexibility index (Phi) is 9.01. The quantitative estimate of drug-likeness (QED) is 0.293. The lowest BCUT2D eigenvalue weighted by atomic mass is 10.1. The van der Waals surface area contributed by atoms with Gasteiger partial charge in [-0.15, -0.1) is 20.4 Å². The molecule has 6 rings (SSSR count). The van der Waals surface area contributed by atoms with Crippen molar-refractivity contribution in [3.63, 3.8) is 0 Å². The Hall–Kier alpha value is -5.17. The second-order valence-corrected chi connectivity index (χ2v) is 10.0. The summed E-state index contributed by atoms with van der Waals surface area (Å²) in [6.07, 6.45) is -3.66. The number of hydrogen-bond acceptors (Lipinski definition) is 11. The summed E-state index contributed by atoms with van der Waals surface area (Å²) in [5, 5.41) is 21.3. The molecule has 2 aromatic carbocycles. The molecule has 2 aliphatic rings. The zero-order chi connectivity index (χ0) is 32.2. The van der Waals surface area contributed by atoms with Crippen LogP contribution in [0.2, 0.25) is 0 Å². The minimum Gasteiger partial charge on any atom is -0.415 e. The maximum atomic E-state index is 14.9. The second-order valence-electron chi connectivity index (χ2n) is 10.0. The van der Waals surface area contributed by atoms with E-state index in [1.807, 2.05) is 0 Å². The van der Waals surface area contributed by atoms with E-state index in [1.54, 1.807) is 4.90 Å². The van der Waals surface area contributed by atoms with Gasteiger partial charge < -0.3 is 33.7 Å². The lowest BCUT2D eigenvalue weighted by molar-refractivity contribution is 0.0416. The highest BCUT2D eigenvalue weighted by Crippen LogP contribution is 2.31. The molecule has 15 nitrogen and oxygen atoms in total. The van der Waals surface area contributed by atoms with Gasteiger partial charge >= 0.3 is 18.5 Å². The Morgan fingerprint density at radius 3 is 2.22 bits per heavy atom. The predicted molar refractivity (Wildman–Crippen MR) is 147 cm³/mol. The number of nitrogens with one attached hydrogen (secondary N) is 1. The monoisotopic (exact) mass is 647 g/mol. The van der Waals surface area contributed by atoms with Crippen LogP contribution in [-0.2, 0) is 16.0 Å². The van der Waals surface area contributed by atoms with Crippen LogP contribution in [0.3, 0.4) is 0 Å². The first-order chi connectivity index (χ1) is 22.2. The van der Waals surface area contributed by atoms with Crippen molar-refractivity contribution in [1.82, 2.24) is 40.2 Å².